The van der Waals surface area contributed by atoms with Gasteiger partial charge in [-0.1, -0.05) is 0 Å². The molecule has 0 aliphatic carbocycles. The van der Waals surface area contributed by atoms with Gasteiger partial charge in [-0.15, -0.1) is 11.3 Å². The minimum absolute atomic E-state index is 0.0868. The molecule has 0 amide bonds. The van der Waals surface area contributed by atoms with E-state index < -0.39 is 0 Å². The normalized spacial score (nSPS) is 12.6. The van der Waals surface area contributed by atoms with Gasteiger partial charge in [0.15, 0.2) is 0 Å². The Kier molecular flexibility index (Phi) is 4.25. The second-order valence-electron chi connectivity index (χ2n) is 3.69. The molecule has 1 unspecified atom stereocenters. The highest BCUT2D eigenvalue weighted by Crippen LogP contribution is 2.26. The van der Waals surface area contributed by atoms with Crippen LogP contribution in [0.25, 0.3) is 0 Å². The van der Waals surface area contributed by atoms with Crippen LogP contribution in [0.5, 0.6) is 0 Å². The monoisotopic (exact) mass is 314 g/mol. The Morgan fingerprint density at radius 3 is 2.88 bits per heavy atom. The zero-order valence-corrected chi connectivity index (χ0v) is 11.7. The van der Waals surface area contributed by atoms with Gasteiger partial charge in [0.2, 0.25) is 0 Å². The van der Waals surface area contributed by atoms with E-state index in [0.717, 1.165) is 15.8 Å². The van der Waals surface area contributed by atoms with Gasteiger partial charge in [-0.2, -0.15) is 0 Å². The summed E-state index contributed by atoms with van der Waals surface area (Å²) in [5.74, 6) is -0.296. The Morgan fingerprint density at radius 2 is 2.29 bits per heavy atom. The lowest BCUT2D eigenvalue weighted by atomic mass is 10.1. The molecule has 2 rings (SSSR count). The number of aromatic nitrogens is 1. The SMILES string of the molecule is CNC(Cc1ccc(Br)s1)c1cncc(F)c1. The number of hydrogen-bond donors (Lipinski definition) is 1. The molecular formula is C12H12BrFN2S. The Hall–Kier alpha value is -0.780. The summed E-state index contributed by atoms with van der Waals surface area (Å²) in [4.78, 5) is 5.13. The minimum Gasteiger partial charge on any atom is -0.313 e. The van der Waals surface area contributed by atoms with Crippen LogP contribution >= 0.6 is 27.3 Å². The molecule has 0 aliphatic heterocycles. The molecular weight excluding hydrogens is 303 g/mol. The lowest BCUT2D eigenvalue weighted by Gasteiger charge is -2.15. The predicted molar refractivity (Wildman–Crippen MR) is 71.7 cm³/mol. The van der Waals surface area contributed by atoms with E-state index >= 15 is 0 Å². The molecule has 5 heteroatoms. The maximum atomic E-state index is 13.1. The van der Waals surface area contributed by atoms with E-state index in [4.69, 9.17) is 0 Å². The Morgan fingerprint density at radius 1 is 1.47 bits per heavy atom. The van der Waals surface area contributed by atoms with Crippen molar-refractivity contribution in [2.75, 3.05) is 7.05 Å². The van der Waals surface area contributed by atoms with Gasteiger partial charge in [-0.3, -0.25) is 4.98 Å². The van der Waals surface area contributed by atoms with Gasteiger partial charge in [0.1, 0.15) is 5.82 Å². The number of rotatable bonds is 4. The summed E-state index contributed by atoms with van der Waals surface area (Å²) >= 11 is 5.13. The number of halogens is 2. The molecule has 1 atom stereocenters. The highest BCUT2D eigenvalue weighted by atomic mass is 79.9. The molecule has 0 saturated heterocycles. The zero-order valence-electron chi connectivity index (χ0n) is 9.28. The van der Waals surface area contributed by atoms with Crippen molar-refractivity contribution in [1.82, 2.24) is 10.3 Å². The molecule has 0 fully saturated rings. The van der Waals surface area contributed by atoms with Crippen LogP contribution in [0, 0.1) is 5.82 Å². The van der Waals surface area contributed by atoms with Crippen LogP contribution in [0.2, 0.25) is 0 Å². The molecule has 2 nitrogen and oxygen atoms in total. The number of nitrogens with zero attached hydrogens (tertiary/aromatic N) is 1. The van der Waals surface area contributed by atoms with Gasteiger partial charge in [0, 0.05) is 23.5 Å². The maximum Gasteiger partial charge on any atom is 0.141 e. The molecule has 90 valence electrons. The maximum absolute atomic E-state index is 13.1. The first-order chi connectivity index (χ1) is 8.19. The Bertz CT molecular complexity index is 501. The highest BCUT2D eigenvalue weighted by Gasteiger charge is 2.12. The van der Waals surface area contributed by atoms with E-state index in [1.165, 1.54) is 17.1 Å². The number of nitrogens with one attached hydrogen (secondary N) is 1. The fraction of sp³-hybridized carbons (Fsp3) is 0.250. The standard InChI is InChI=1S/C12H12BrFN2S/c1-15-11(5-10-2-3-12(13)17-10)8-4-9(14)7-16-6-8/h2-4,6-7,11,15H,5H2,1H3. The first-order valence-corrected chi connectivity index (χ1v) is 6.82. The van der Waals surface area contributed by atoms with Gasteiger partial charge in [-0.25, -0.2) is 4.39 Å². The summed E-state index contributed by atoms with van der Waals surface area (Å²) in [5.41, 5.74) is 0.872. The van der Waals surface area contributed by atoms with Crippen molar-refractivity contribution in [2.24, 2.45) is 0 Å². The van der Waals surface area contributed by atoms with Gasteiger partial charge < -0.3 is 5.32 Å². The second kappa shape index (κ2) is 5.71. The van der Waals surface area contributed by atoms with E-state index in [1.54, 1.807) is 17.5 Å². The van der Waals surface area contributed by atoms with Crippen LogP contribution in [0.4, 0.5) is 4.39 Å². The van der Waals surface area contributed by atoms with E-state index in [0.29, 0.717) is 0 Å². The van der Waals surface area contributed by atoms with Crippen molar-refractivity contribution < 1.29 is 4.39 Å². The smallest absolute Gasteiger partial charge is 0.141 e. The van der Waals surface area contributed by atoms with Crippen molar-refractivity contribution in [1.29, 1.82) is 0 Å². The summed E-state index contributed by atoms with van der Waals surface area (Å²) in [5, 5.41) is 3.19. The topological polar surface area (TPSA) is 24.9 Å². The molecule has 0 aromatic carbocycles. The first kappa shape index (κ1) is 12.7. The molecule has 0 saturated carbocycles. The third kappa shape index (κ3) is 3.34. The van der Waals surface area contributed by atoms with Crippen LogP contribution in [0.1, 0.15) is 16.5 Å². The van der Waals surface area contributed by atoms with Crippen molar-refractivity contribution in [3.05, 3.63) is 50.6 Å². The van der Waals surface area contributed by atoms with Gasteiger partial charge in [0.05, 0.1) is 9.98 Å². The number of thiophene rings is 1. The molecule has 2 aromatic heterocycles. The fourth-order valence-corrected chi connectivity index (χ4v) is 3.20. The fourth-order valence-electron chi connectivity index (χ4n) is 1.67. The third-order valence-electron chi connectivity index (χ3n) is 2.51. The van der Waals surface area contributed by atoms with Crippen LogP contribution < -0.4 is 5.32 Å². The molecule has 0 bridgehead atoms. The van der Waals surface area contributed by atoms with Crippen molar-refractivity contribution >= 4 is 27.3 Å². The van der Waals surface area contributed by atoms with Crippen molar-refractivity contribution in [2.45, 2.75) is 12.5 Å². The molecule has 17 heavy (non-hydrogen) atoms. The molecule has 2 heterocycles. The highest BCUT2D eigenvalue weighted by molar-refractivity contribution is 9.11. The minimum atomic E-state index is -0.296. The first-order valence-electron chi connectivity index (χ1n) is 5.21. The van der Waals surface area contributed by atoms with Gasteiger partial charge in [0.25, 0.3) is 0 Å². The van der Waals surface area contributed by atoms with Crippen molar-refractivity contribution in [3.8, 4) is 0 Å². The van der Waals surface area contributed by atoms with Gasteiger partial charge in [-0.05, 0) is 46.7 Å². The summed E-state index contributed by atoms with van der Waals surface area (Å²) in [6, 6.07) is 5.71. The quantitative estimate of drug-likeness (QED) is 0.933. The van der Waals surface area contributed by atoms with Crippen LogP contribution in [-0.2, 0) is 6.42 Å². The summed E-state index contributed by atoms with van der Waals surface area (Å²) in [6.07, 6.45) is 3.75. The third-order valence-corrected chi connectivity index (χ3v) is 4.16. The van der Waals surface area contributed by atoms with E-state index in [9.17, 15) is 4.39 Å². The lowest BCUT2D eigenvalue weighted by Crippen LogP contribution is -2.18. The molecule has 0 radical (unpaired) electrons. The lowest BCUT2D eigenvalue weighted by molar-refractivity contribution is 0.575. The largest absolute Gasteiger partial charge is 0.313 e. The van der Waals surface area contributed by atoms with E-state index in [2.05, 4.69) is 32.3 Å². The molecule has 1 N–H and O–H groups in total. The summed E-state index contributed by atoms with van der Waals surface area (Å²) < 4.78 is 14.2. The molecule has 2 aromatic rings. The number of pyridine rings is 1. The second-order valence-corrected chi connectivity index (χ2v) is 6.24. The van der Waals surface area contributed by atoms with Crippen molar-refractivity contribution in [3.63, 3.8) is 0 Å². The Balaban J connectivity index is 2.16. The molecule has 0 aliphatic rings. The van der Waals surface area contributed by atoms with Crippen LogP contribution in [-0.4, -0.2) is 12.0 Å². The molecule has 0 spiro atoms. The average molecular weight is 315 g/mol. The van der Waals surface area contributed by atoms with Crippen LogP contribution in [0.15, 0.2) is 34.4 Å². The summed E-state index contributed by atoms with van der Waals surface area (Å²) in [7, 11) is 1.87. The van der Waals surface area contributed by atoms with Crippen LogP contribution in [0.3, 0.4) is 0 Å². The van der Waals surface area contributed by atoms with E-state index in [1.807, 2.05) is 13.1 Å². The average Bonchev–Trinajstić information content (AvgIpc) is 2.72. The van der Waals surface area contributed by atoms with Gasteiger partial charge >= 0.3 is 0 Å². The van der Waals surface area contributed by atoms with E-state index in [-0.39, 0.29) is 11.9 Å². The number of likely N-dealkylation sites (N-methyl/N-ethyl adjacent to an activating group) is 1. The number of hydrogen-bond acceptors (Lipinski definition) is 3. The predicted octanol–water partition coefficient (Wildman–Crippen LogP) is 3.55. The zero-order chi connectivity index (χ0) is 12.3. The Labute approximate surface area is 112 Å². The summed E-state index contributed by atoms with van der Waals surface area (Å²) in [6.45, 7) is 0.